The van der Waals surface area contributed by atoms with Gasteiger partial charge in [-0.1, -0.05) is 41.6 Å². The van der Waals surface area contributed by atoms with Gasteiger partial charge in [0, 0.05) is 19.3 Å². The van der Waals surface area contributed by atoms with Crippen molar-refractivity contribution >= 4 is 27.8 Å². The van der Waals surface area contributed by atoms with Crippen LogP contribution in [0.25, 0.3) is 21.9 Å². The highest BCUT2D eigenvalue weighted by Gasteiger charge is 2.20. The molecule has 1 amide bonds. The molecule has 130 valence electrons. The predicted molar refractivity (Wildman–Crippen MR) is 101 cm³/mol. The van der Waals surface area contributed by atoms with Gasteiger partial charge in [0.1, 0.15) is 0 Å². The maximum atomic E-state index is 13.1. The second-order valence-electron chi connectivity index (χ2n) is 6.60. The SMILES string of the molecule is Cc1cc(C(=O)N(C)Cc2ccc3ccccc3c2)c2c(C)noc2n1. The minimum atomic E-state index is -0.0695. The molecule has 0 aliphatic carbocycles. The Labute approximate surface area is 151 Å². The van der Waals surface area contributed by atoms with E-state index in [1.165, 1.54) is 10.8 Å². The molecule has 0 fully saturated rings. The Hall–Kier alpha value is -3.21. The number of pyridine rings is 1. The molecule has 5 heteroatoms. The summed E-state index contributed by atoms with van der Waals surface area (Å²) in [6.45, 7) is 4.19. The molecule has 26 heavy (non-hydrogen) atoms. The van der Waals surface area contributed by atoms with Crippen molar-refractivity contribution in [1.29, 1.82) is 0 Å². The van der Waals surface area contributed by atoms with Crippen molar-refractivity contribution in [3.05, 3.63) is 71.0 Å². The summed E-state index contributed by atoms with van der Waals surface area (Å²) >= 11 is 0. The molecule has 0 aliphatic rings. The molecule has 0 saturated carbocycles. The number of carbonyl (C=O) groups is 1. The number of carbonyl (C=O) groups excluding carboxylic acids is 1. The zero-order chi connectivity index (χ0) is 18.3. The van der Waals surface area contributed by atoms with Crippen LogP contribution >= 0.6 is 0 Å². The highest BCUT2D eigenvalue weighted by atomic mass is 16.5. The lowest BCUT2D eigenvalue weighted by atomic mass is 10.1. The lowest BCUT2D eigenvalue weighted by molar-refractivity contribution is 0.0787. The van der Waals surface area contributed by atoms with Gasteiger partial charge in [0.2, 0.25) is 0 Å². The number of hydrogen-bond donors (Lipinski definition) is 0. The third-order valence-corrected chi connectivity index (χ3v) is 4.56. The number of amides is 1. The number of hydrogen-bond acceptors (Lipinski definition) is 4. The number of fused-ring (bicyclic) bond motifs is 2. The number of aryl methyl sites for hydroxylation is 2. The number of benzene rings is 2. The first kappa shape index (κ1) is 16.3. The summed E-state index contributed by atoms with van der Waals surface area (Å²) in [4.78, 5) is 19.1. The summed E-state index contributed by atoms with van der Waals surface area (Å²) in [5.41, 5.74) is 3.48. The quantitative estimate of drug-likeness (QED) is 0.556. The summed E-state index contributed by atoms with van der Waals surface area (Å²) in [5, 5.41) is 7.00. The molecule has 0 spiro atoms. The van der Waals surface area contributed by atoms with Crippen molar-refractivity contribution in [2.24, 2.45) is 0 Å². The summed E-state index contributed by atoms with van der Waals surface area (Å²) in [6, 6.07) is 16.3. The smallest absolute Gasteiger partial charge is 0.258 e. The number of rotatable bonds is 3. The van der Waals surface area contributed by atoms with Gasteiger partial charge in [0.05, 0.1) is 16.6 Å². The molecule has 0 saturated heterocycles. The molecule has 2 aromatic heterocycles. The highest BCUT2D eigenvalue weighted by molar-refractivity contribution is 6.05. The van der Waals surface area contributed by atoms with Crippen molar-refractivity contribution in [1.82, 2.24) is 15.0 Å². The Morgan fingerprint density at radius 1 is 1.08 bits per heavy atom. The van der Waals surface area contributed by atoms with E-state index in [9.17, 15) is 4.79 Å². The molecular formula is C21H19N3O2. The van der Waals surface area contributed by atoms with Crippen LogP contribution in [0.1, 0.15) is 27.3 Å². The fourth-order valence-corrected chi connectivity index (χ4v) is 3.27. The minimum Gasteiger partial charge on any atom is -0.337 e. The third kappa shape index (κ3) is 2.81. The van der Waals surface area contributed by atoms with Crippen LogP contribution in [0.2, 0.25) is 0 Å². The van der Waals surface area contributed by atoms with Crippen LogP contribution in [0.5, 0.6) is 0 Å². The zero-order valence-corrected chi connectivity index (χ0v) is 15.0. The van der Waals surface area contributed by atoms with Gasteiger partial charge in [-0.2, -0.15) is 0 Å². The van der Waals surface area contributed by atoms with Gasteiger partial charge in [-0.05, 0) is 42.3 Å². The van der Waals surface area contributed by atoms with Crippen LogP contribution in [-0.4, -0.2) is 28.0 Å². The lowest BCUT2D eigenvalue weighted by Crippen LogP contribution is -2.26. The Morgan fingerprint density at radius 3 is 2.65 bits per heavy atom. The summed E-state index contributed by atoms with van der Waals surface area (Å²) in [7, 11) is 1.81. The minimum absolute atomic E-state index is 0.0695. The molecule has 0 N–H and O–H groups in total. The molecule has 4 rings (SSSR count). The second-order valence-corrected chi connectivity index (χ2v) is 6.60. The molecule has 0 radical (unpaired) electrons. The van der Waals surface area contributed by atoms with E-state index in [0.29, 0.717) is 28.9 Å². The number of nitrogens with zero attached hydrogens (tertiary/aromatic N) is 3. The molecule has 0 atom stereocenters. The first-order valence-electron chi connectivity index (χ1n) is 8.49. The van der Waals surface area contributed by atoms with E-state index >= 15 is 0 Å². The Balaban J connectivity index is 1.66. The maximum Gasteiger partial charge on any atom is 0.258 e. The van der Waals surface area contributed by atoms with E-state index in [1.807, 2.05) is 33.0 Å². The molecule has 0 bridgehead atoms. The van der Waals surface area contributed by atoms with Gasteiger partial charge >= 0.3 is 0 Å². The lowest BCUT2D eigenvalue weighted by Gasteiger charge is -2.18. The van der Waals surface area contributed by atoms with E-state index in [2.05, 4.69) is 40.5 Å². The molecule has 4 aromatic rings. The van der Waals surface area contributed by atoms with Gasteiger partial charge in [0.15, 0.2) is 0 Å². The first-order valence-corrected chi connectivity index (χ1v) is 8.49. The van der Waals surface area contributed by atoms with Gasteiger partial charge in [0.25, 0.3) is 11.6 Å². The fourth-order valence-electron chi connectivity index (χ4n) is 3.27. The van der Waals surface area contributed by atoms with Gasteiger partial charge in [-0.25, -0.2) is 4.98 Å². The van der Waals surface area contributed by atoms with E-state index < -0.39 is 0 Å². The Kier molecular flexibility index (Phi) is 3.92. The van der Waals surface area contributed by atoms with Crippen LogP contribution in [0.4, 0.5) is 0 Å². The van der Waals surface area contributed by atoms with Crippen LogP contribution < -0.4 is 0 Å². The van der Waals surface area contributed by atoms with Crippen molar-refractivity contribution in [2.75, 3.05) is 7.05 Å². The molecule has 0 unspecified atom stereocenters. The van der Waals surface area contributed by atoms with Gasteiger partial charge in [-0.15, -0.1) is 0 Å². The molecule has 2 heterocycles. The van der Waals surface area contributed by atoms with Crippen molar-refractivity contribution in [3.8, 4) is 0 Å². The normalized spacial score (nSPS) is 11.2. The van der Waals surface area contributed by atoms with Crippen molar-refractivity contribution in [3.63, 3.8) is 0 Å². The van der Waals surface area contributed by atoms with Crippen molar-refractivity contribution < 1.29 is 9.32 Å². The van der Waals surface area contributed by atoms with Crippen LogP contribution in [0.15, 0.2) is 53.1 Å². The monoisotopic (exact) mass is 345 g/mol. The molecular weight excluding hydrogens is 326 g/mol. The standard InChI is InChI=1S/C21H19N3O2/c1-13-10-18(19-14(2)23-26-20(19)22-13)21(25)24(3)12-15-8-9-16-6-4-5-7-17(16)11-15/h4-11H,12H2,1-3H3. The van der Waals surface area contributed by atoms with Gasteiger partial charge in [-0.3, -0.25) is 4.79 Å². The zero-order valence-electron chi connectivity index (χ0n) is 15.0. The highest BCUT2D eigenvalue weighted by Crippen LogP contribution is 2.24. The average molecular weight is 345 g/mol. The Bertz CT molecular complexity index is 1130. The Morgan fingerprint density at radius 2 is 1.85 bits per heavy atom. The van der Waals surface area contributed by atoms with Crippen LogP contribution in [0.3, 0.4) is 0 Å². The molecule has 5 nitrogen and oxygen atoms in total. The predicted octanol–water partition coefficient (Wildman–Crippen LogP) is 4.27. The van der Waals surface area contributed by atoms with Gasteiger partial charge < -0.3 is 9.42 Å². The van der Waals surface area contributed by atoms with E-state index in [1.54, 1.807) is 11.0 Å². The summed E-state index contributed by atoms with van der Waals surface area (Å²) in [6.07, 6.45) is 0. The van der Waals surface area contributed by atoms with E-state index in [0.717, 1.165) is 11.3 Å². The summed E-state index contributed by atoms with van der Waals surface area (Å²) in [5.74, 6) is -0.0695. The summed E-state index contributed by atoms with van der Waals surface area (Å²) < 4.78 is 5.23. The van der Waals surface area contributed by atoms with Crippen LogP contribution in [0, 0.1) is 13.8 Å². The fraction of sp³-hybridized carbons (Fsp3) is 0.190. The topological polar surface area (TPSA) is 59.2 Å². The number of aromatic nitrogens is 2. The molecule has 2 aromatic carbocycles. The van der Waals surface area contributed by atoms with E-state index in [4.69, 9.17) is 4.52 Å². The maximum absolute atomic E-state index is 13.1. The van der Waals surface area contributed by atoms with Crippen LogP contribution in [-0.2, 0) is 6.54 Å². The average Bonchev–Trinajstić information content (AvgIpc) is 3.01. The first-order chi connectivity index (χ1) is 12.5. The molecule has 0 aliphatic heterocycles. The van der Waals surface area contributed by atoms with E-state index in [-0.39, 0.29) is 5.91 Å². The van der Waals surface area contributed by atoms with Crippen molar-refractivity contribution in [2.45, 2.75) is 20.4 Å². The largest absolute Gasteiger partial charge is 0.337 e. The second kappa shape index (κ2) is 6.26. The third-order valence-electron chi connectivity index (χ3n) is 4.56.